The van der Waals surface area contributed by atoms with Crippen LogP contribution in [-0.4, -0.2) is 83.8 Å². The van der Waals surface area contributed by atoms with Gasteiger partial charge in [-0.15, -0.1) is 0 Å². The molecule has 0 bridgehead atoms. The Labute approximate surface area is 141 Å². The van der Waals surface area contributed by atoms with E-state index in [0.29, 0.717) is 0 Å². The van der Waals surface area contributed by atoms with Gasteiger partial charge in [0, 0.05) is 42.3 Å². The van der Waals surface area contributed by atoms with Crippen LogP contribution < -0.4 is 0 Å². The lowest BCUT2D eigenvalue weighted by Crippen LogP contribution is -2.64. The zero-order valence-corrected chi connectivity index (χ0v) is 14.8. The molecule has 0 spiro atoms. The van der Waals surface area contributed by atoms with Gasteiger partial charge < -0.3 is 33.2 Å². The molecule has 0 aliphatic carbocycles. The highest BCUT2D eigenvalue weighted by Crippen LogP contribution is 2.30. The fourth-order valence-corrected chi connectivity index (χ4v) is 2.66. The van der Waals surface area contributed by atoms with Crippen LogP contribution in [0.1, 0.15) is 13.8 Å². The Morgan fingerprint density at radius 3 is 1.96 bits per heavy atom. The van der Waals surface area contributed by atoms with E-state index in [1.54, 1.807) is 0 Å². The molecule has 1 saturated heterocycles. The van der Waals surface area contributed by atoms with E-state index in [-0.39, 0.29) is 6.61 Å². The molecule has 140 valence electrons. The maximum atomic E-state index is 11.5. The van der Waals surface area contributed by atoms with Crippen LogP contribution in [0.2, 0.25) is 0 Å². The lowest BCUT2D eigenvalue weighted by atomic mass is 9.94. The molecule has 0 aromatic carbocycles. The molecular formula is C15H26O9. The molecular weight excluding hydrogens is 324 g/mol. The van der Waals surface area contributed by atoms with Gasteiger partial charge in [0.25, 0.3) is 0 Å². The van der Waals surface area contributed by atoms with Gasteiger partial charge in [-0.3, -0.25) is 9.59 Å². The molecule has 0 saturated carbocycles. The van der Waals surface area contributed by atoms with E-state index in [9.17, 15) is 9.59 Å². The molecule has 6 atom stereocenters. The first-order valence-electron chi connectivity index (χ1n) is 7.46. The van der Waals surface area contributed by atoms with E-state index >= 15 is 0 Å². The van der Waals surface area contributed by atoms with Gasteiger partial charge in [0.1, 0.15) is 31.0 Å². The summed E-state index contributed by atoms with van der Waals surface area (Å²) in [6.45, 7) is 2.50. The van der Waals surface area contributed by atoms with Gasteiger partial charge >= 0.3 is 11.9 Å². The molecule has 24 heavy (non-hydrogen) atoms. The monoisotopic (exact) mass is 350 g/mol. The third-order valence-electron chi connectivity index (χ3n) is 3.73. The van der Waals surface area contributed by atoms with Gasteiger partial charge in [0.15, 0.2) is 12.4 Å². The lowest BCUT2D eigenvalue weighted by molar-refractivity contribution is -0.316. The molecule has 9 nitrogen and oxygen atoms in total. The number of carbonyl (C=O) groups excluding carboxylic acids is 2. The van der Waals surface area contributed by atoms with Crippen molar-refractivity contribution in [2.24, 2.45) is 0 Å². The van der Waals surface area contributed by atoms with Crippen LogP contribution in [-0.2, 0) is 42.7 Å². The fourth-order valence-electron chi connectivity index (χ4n) is 2.66. The normalized spacial score (nSPS) is 31.3. The van der Waals surface area contributed by atoms with Gasteiger partial charge in [-0.05, 0) is 0 Å². The van der Waals surface area contributed by atoms with E-state index in [1.165, 1.54) is 42.3 Å². The first-order valence-corrected chi connectivity index (χ1v) is 7.46. The molecule has 1 fully saturated rings. The van der Waals surface area contributed by atoms with E-state index in [2.05, 4.69) is 0 Å². The Morgan fingerprint density at radius 1 is 0.917 bits per heavy atom. The molecule has 0 amide bonds. The van der Waals surface area contributed by atoms with Crippen molar-refractivity contribution < 1.29 is 42.7 Å². The Hall–Kier alpha value is -1.26. The molecule has 0 aromatic heterocycles. The minimum atomic E-state index is -0.829. The molecule has 9 heteroatoms. The van der Waals surface area contributed by atoms with Crippen molar-refractivity contribution in [3.8, 4) is 0 Å². The van der Waals surface area contributed by atoms with Crippen molar-refractivity contribution in [3.63, 3.8) is 0 Å². The highest BCUT2D eigenvalue weighted by molar-refractivity contribution is 5.66. The van der Waals surface area contributed by atoms with Gasteiger partial charge in [-0.2, -0.15) is 0 Å². The summed E-state index contributed by atoms with van der Waals surface area (Å²) in [6, 6.07) is 0. The lowest BCUT2D eigenvalue weighted by Gasteiger charge is -2.45. The third-order valence-corrected chi connectivity index (χ3v) is 3.73. The van der Waals surface area contributed by atoms with Gasteiger partial charge in [-0.1, -0.05) is 0 Å². The number of ether oxygens (including phenoxy) is 7. The van der Waals surface area contributed by atoms with Crippen molar-refractivity contribution in [2.45, 2.75) is 50.7 Å². The van der Waals surface area contributed by atoms with E-state index in [0.717, 1.165) is 0 Å². The van der Waals surface area contributed by atoms with Crippen LogP contribution in [0.25, 0.3) is 0 Å². The first-order chi connectivity index (χ1) is 11.4. The van der Waals surface area contributed by atoms with Gasteiger partial charge in [0.2, 0.25) is 0 Å². The SMILES string of the molecule is COC1O[C@H]([C@@H](COC(C)=O)OC)[C@@H](OC(C)=O)[C@H](OC)[C@H]1OC. The summed E-state index contributed by atoms with van der Waals surface area (Å²) in [5.41, 5.74) is 0. The molecule has 1 unspecified atom stereocenters. The van der Waals surface area contributed by atoms with E-state index in [4.69, 9.17) is 33.2 Å². The Balaban J connectivity index is 3.09. The van der Waals surface area contributed by atoms with Crippen molar-refractivity contribution in [3.05, 3.63) is 0 Å². The Kier molecular flexibility index (Phi) is 8.57. The molecule has 1 aliphatic rings. The minimum absolute atomic E-state index is 0.0707. The van der Waals surface area contributed by atoms with Crippen molar-refractivity contribution >= 4 is 11.9 Å². The number of esters is 2. The van der Waals surface area contributed by atoms with Crippen LogP contribution >= 0.6 is 0 Å². The number of methoxy groups -OCH3 is 4. The summed E-state index contributed by atoms with van der Waals surface area (Å²) in [6.07, 6.45) is -4.34. The van der Waals surface area contributed by atoms with Gasteiger partial charge in [-0.25, -0.2) is 0 Å². The summed E-state index contributed by atoms with van der Waals surface area (Å²) in [5.74, 6) is -0.970. The molecule has 1 aliphatic heterocycles. The Bertz CT molecular complexity index is 414. The second-order valence-electron chi connectivity index (χ2n) is 5.26. The highest BCUT2D eigenvalue weighted by Gasteiger charge is 2.51. The predicted molar refractivity (Wildman–Crippen MR) is 80.2 cm³/mol. The zero-order chi connectivity index (χ0) is 18.3. The molecule has 1 rings (SSSR count). The third kappa shape index (κ3) is 5.12. The number of hydrogen-bond donors (Lipinski definition) is 0. The number of hydrogen-bond acceptors (Lipinski definition) is 9. The van der Waals surface area contributed by atoms with E-state index < -0.39 is 48.7 Å². The standard InChI is InChI=1S/C15H26O9/c1-8(16)22-7-10(18-3)11-13(23-9(2)17)12(19-4)14(20-5)15(21-6)24-11/h10-15H,7H2,1-6H3/t10-,11-,12+,13-,14-,15?/m1/s1. The van der Waals surface area contributed by atoms with Gasteiger partial charge in [0.05, 0.1) is 0 Å². The summed E-state index contributed by atoms with van der Waals surface area (Å²) < 4.78 is 37.7. The number of carbonyl (C=O) groups is 2. The van der Waals surface area contributed by atoms with Crippen LogP contribution in [0.3, 0.4) is 0 Å². The number of rotatable bonds is 8. The summed E-state index contributed by atoms with van der Waals surface area (Å²) in [5, 5.41) is 0. The van der Waals surface area contributed by atoms with E-state index in [1.807, 2.05) is 0 Å². The largest absolute Gasteiger partial charge is 0.463 e. The Morgan fingerprint density at radius 2 is 1.54 bits per heavy atom. The highest BCUT2D eigenvalue weighted by atomic mass is 16.7. The smallest absolute Gasteiger partial charge is 0.303 e. The summed E-state index contributed by atoms with van der Waals surface area (Å²) in [7, 11) is 5.84. The average molecular weight is 350 g/mol. The fraction of sp³-hybridized carbons (Fsp3) is 0.867. The van der Waals surface area contributed by atoms with Crippen LogP contribution in [0, 0.1) is 0 Å². The second-order valence-corrected chi connectivity index (χ2v) is 5.26. The quantitative estimate of drug-likeness (QED) is 0.556. The maximum absolute atomic E-state index is 11.5. The second kappa shape index (κ2) is 9.90. The maximum Gasteiger partial charge on any atom is 0.303 e. The molecule has 0 radical (unpaired) electrons. The summed E-state index contributed by atoms with van der Waals surface area (Å²) >= 11 is 0. The van der Waals surface area contributed by atoms with Crippen molar-refractivity contribution in [2.75, 3.05) is 35.0 Å². The van der Waals surface area contributed by atoms with Crippen LogP contribution in [0.5, 0.6) is 0 Å². The first kappa shape index (κ1) is 20.8. The molecule has 1 heterocycles. The van der Waals surface area contributed by atoms with Crippen LogP contribution in [0.15, 0.2) is 0 Å². The minimum Gasteiger partial charge on any atom is -0.463 e. The molecule has 0 aromatic rings. The average Bonchev–Trinajstić information content (AvgIpc) is 2.54. The summed E-state index contributed by atoms with van der Waals surface area (Å²) in [4.78, 5) is 22.6. The predicted octanol–water partition coefficient (Wildman–Crippen LogP) is -0.102. The van der Waals surface area contributed by atoms with Crippen molar-refractivity contribution in [1.82, 2.24) is 0 Å². The zero-order valence-electron chi connectivity index (χ0n) is 14.8. The van der Waals surface area contributed by atoms with Crippen LogP contribution in [0.4, 0.5) is 0 Å². The topological polar surface area (TPSA) is 98.8 Å². The molecule has 0 N–H and O–H groups in total. The van der Waals surface area contributed by atoms with Crippen molar-refractivity contribution in [1.29, 1.82) is 0 Å².